The molecule has 0 spiro atoms. The number of nitrogens with two attached hydrogens (primary N) is 1. The van der Waals surface area contributed by atoms with Gasteiger partial charge in [-0.3, -0.25) is 9.59 Å². The van der Waals surface area contributed by atoms with Gasteiger partial charge in [-0.15, -0.1) is 0 Å². The number of halogens is 3. The Labute approximate surface area is 108 Å². The second-order valence-electron chi connectivity index (χ2n) is 4.58. The maximum atomic E-state index is 11.8. The fraction of sp³-hybridized carbons (Fsp3) is 0.818. The van der Waals surface area contributed by atoms with E-state index in [0.29, 0.717) is 12.8 Å². The van der Waals surface area contributed by atoms with Gasteiger partial charge in [0.1, 0.15) is 13.2 Å². The highest BCUT2D eigenvalue weighted by Gasteiger charge is 2.31. The predicted octanol–water partition coefficient (Wildman–Crippen LogP) is 0.726. The number of primary amides is 1. The highest BCUT2D eigenvalue weighted by molar-refractivity contribution is 5.81. The van der Waals surface area contributed by atoms with E-state index in [0.717, 1.165) is 12.8 Å². The molecule has 0 bridgehead atoms. The van der Waals surface area contributed by atoms with Gasteiger partial charge in [-0.25, -0.2) is 0 Å². The van der Waals surface area contributed by atoms with Crippen molar-refractivity contribution in [2.45, 2.75) is 37.9 Å². The summed E-state index contributed by atoms with van der Waals surface area (Å²) >= 11 is 0. The highest BCUT2D eigenvalue weighted by Crippen LogP contribution is 2.24. The fourth-order valence-electron chi connectivity index (χ4n) is 2.15. The predicted molar refractivity (Wildman–Crippen MR) is 60.0 cm³/mol. The summed E-state index contributed by atoms with van der Waals surface area (Å²) in [5, 5.41) is 2.50. The minimum Gasteiger partial charge on any atom is -0.369 e. The number of carbonyl (C=O) groups excluding carboxylic acids is 2. The summed E-state index contributed by atoms with van der Waals surface area (Å²) in [7, 11) is 0. The van der Waals surface area contributed by atoms with E-state index in [2.05, 4.69) is 10.1 Å². The van der Waals surface area contributed by atoms with Crippen LogP contribution in [0.25, 0.3) is 0 Å². The van der Waals surface area contributed by atoms with E-state index < -0.39 is 43.2 Å². The van der Waals surface area contributed by atoms with Crippen LogP contribution >= 0.6 is 0 Å². The number of hydrogen-bond donors (Lipinski definition) is 2. The fourth-order valence-corrected chi connectivity index (χ4v) is 2.15. The third kappa shape index (κ3) is 5.91. The Morgan fingerprint density at radius 2 is 1.89 bits per heavy atom. The van der Waals surface area contributed by atoms with Gasteiger partial charge in [-0.05, 0) is 12.8 Å². The van der Waals surface area contributed by atoms with Gasteiger partial charge in [-0.1, -0.05) is 12.8 Å². The van der Waals surface area contributed by atoms with Crippen LogP contribution in [-0.2, 0) is 14.3 Å². The second kappa shape index (κ2) is 6.74. The summed E-state index contributed by atoms with van der Waals surface area (Å²) in [4.78, 5) is 22.6. The molecule has 1 saturated carbocycles. The van der Waals surface area contributed by atoms with Crippen LogP contribution in [0.1, 0.15) is 25.7 Å². The van der Waals surface area contributed by atoms with Crippen LogP contribution in [0.5, 0.6) is 0 Å². The van der Waals surface area contributed by atoms with Crippen LogP contribution in [0.2, 0.25) is 0 Å². The van der Waals surface area contributed by atoms with Crippen LogP contribution in [0.3, 0.4) is 0 Å². The summed E-state index contributed by atoms with van der Waals surface area (Å²) in [5.74, 6) is -1.62. The van der Waals surface area contributed by atoms with E-state index in [4.69, 9.17) is 5.73 Å². The number of ether oxygens (including phenoxy) is 1. The largest absolute Gasteiger partial charge is 0.411 e. The van der Waals surface area contributed by atoms with Crippen molar-refractivity contribution in [3.8, 4) is 0 Å². The molecule has 1 rings (SSSR count). The second-order valence-corrected chi connectivity index (χ2v) is 4.58. The number of hydrogen-bond acceptors (Lipinski definition) is 3. The molecule has 5 nitrogen and oxygen atoms in total. The maximum absolute atomic E-state index is 11.8. The Bertz CT molecular complexity index is 334. The number of rotatable bonds is 5. The lowest BCUT2D eigenvalue weighted by Gasteiger charge is -2.29. The number of carbonyl (C=O) groups is 2. The summed E-state index contributed by atoms with van der Waals surface area (Å²) < 4.78 is 39.7. The van der Waals surface area contributed by atoms with Gasteiger partial charge in [0.05, 0.1) is 5.92 Å². The van der Waals surface area contributed by atoms with Gasteiger partial charge in [0, 0.05) is 6.04 Å². The third-order valence-electron chi connectivity index (χ3n) is 2.98. The quantitative estimate of drug-likeness (QED) is 0.779. The Morgan fingerprint density at radius 1 is 1.26 bits per heavy atom. The molecule has 2 amide bonds. The van der Waals surface area contributed by atoms with Crippen molar-refractivity contribution in [3.63, 3.8) is 0 Å². The minimum atomic E-state index is -4.46. The van der Waals surface area contributed by atoms with Crippen molar-refractivity contribution in [3.05, 3.63) is 0 Å². The zero-order valence-corrected chi connectivity index (χ0v) is 10.3. The Kier molecular flexibility index (Phi) is 5.59. The van der Waals surface area contributed by atoms with E-state index in [1.165, 1.54) is 0 Å². The van der Waals surface area contributed by atoms with E-state index in [-0.39, 0.29) is 0 Å². The monoisotopic (exact) mass is 282 g/mol. The van der Waals surface area contributed by atoms with Crippen LogP contribution < -0.4 is 11.1 Å². The molecule has 0 heterocycles. The van der Waals surface area contributed by atoms with Crippen LogP contribution in [0.15, 0.2) is 0 Å². The Hall–Kier alpha value is -1.31. The lowest BCUT2D eigenvalue weighted by molar-refractivity contribution is -0.175. The first-order valence-corrected chi connectivity index (χ1v) is 6.03. The zero-order valence-electron chi connectivity index (χ0n) is 10.3. The third-order valence-corrected chi connectivity index (χ3v) is 2.98. The molecule has 110 valence electrons. The Balaban J connectivity index is 2.36. The van der Waals surface area contributed by atoms with Gasteiger partial charge in [0.25, 0.3) is 0 Å². The number of alkyl halides is 3. The summed E-state index contributed by atoms with van der Waals surface area (Å²) in [6, 6.07) is -0.409. The molecule has 2 atom stereocenters. The molecular weight excluding hydrogens is 265 g/mol. The van der Waals surface area contributed by atoms with Gasteiger partial charge in [0.15, 0.2) is 0 Å². The standard InChI is InChI=1S/C11H17F3N2O3/c12-11(13,14)6-19-5-9(17)16-8-4-2-1-3-7(8)10(15)18/h7-8H,1-6H2,(H2,15,18)(H,16,17)/t7-,8+/m0/s1. The molecule has 19 heavy (non-hydrogen) atoms. The topological polar surface area (TPSA) is 81.4 Å². The number of nitrogens with one attached hydrogen (secondary N) is 1. The van der Waals surface area contributed by atoms with E-state index >= 15 is 0 Å². The molecule has 0 aromatic rings. The van der Waals surface area contributed by atoms with E-state index in [1.807, 2.05) is 0 Å². The zero-order chi connectivity index (χ0) is 14.5. The molecule has 1 aliphatic carbocycles. The van der Waals surface area contributed by atoms with Gasteiger partial charge >= 0.3 is 6.18 Å². The molecule has 0 aromatic carbocycles. The Morgan fingerprint density at radius 3 is 2.47 bits per heavy atom. The molecular formula is C11H17F3N2O3. The molecule has 0 aromatic heterocycles. The first-order valence-electron chi connectivity index (χ1n) is 6.03. The summed E-state index contributed by atoms with van der Waals surface area (Å²) in [6.45, 7) is -2.15. The van der Waals surface area contributed by atoms with Gasteiger partial charge < -0.3 is 15.8 Å². The van der Waals surface area contributed by atoms with Crippen LogP contribution in [-0.4, -0.2) is 37.2 Å². The molecule has 1 aliphatic rings. The van der Waals surface area contributed by atoms with Crippen LogP contribution in [0, 0.1) is 5.92 Å². The van der Waals surface area contributed by atoms with Crippen molar-refractivity contribution in [1.82, 2.24) is 5.32 Å². The van der Waals surface area contributed by atoms with Crippen molar-refractivity contribution in [2.75, 3.05) is 13.2 Å². The van der Waals surface area contributed by atoms with Crippen molar-refractivity contribution >= 4 is 11.8 Å². The lowest BCUT2D eigenvalue weighted by atomic mass is 9.84. The molecule has 0 aliphatic heterocycles. The molecule has 8 heteroatoms. The van der Waals surface area contributed by atoms with Gasteiger partial charge in [0.2, 0.25) is 11.8 Å². The first kappa shape index (κ1) is 15.7. The molecule has 0 radical (unpaired) electrons. The smallest absolute Gasteiger partial charge is 0.369 e. The maximum Gasteiger partial charge on any atom is 0.411 e. The van der Waals surface area contributed by atoms with E-state index in [1.54, 1.807) is 0 Å². The number of amides is 2. The minimum absolute atomic E-state index is 0.409. The van der Waals surface area contributed by atoms with Crippen molar-refractivity contribution in [1.29, 1.82) is 0 Å². The lowest BCUT2D eigenvalue weighted by Crippen LogP contribution is -2.48. The summed E-state index contributed by atoms with van der Waals surface area (Å²) in [5.41, 5.74) is 5.22. The molecule has 0 saturated heterocycles. The molecule has 1 fully saturated rings. The van der Waals surface area contributed by atoms with Gasteiger partial charge in [-0.2, -0.15) is 13.2 Å². The average molecular weight is 282 g/mol. The van der Waals surface area contributed by atoms with Crippen LogP contribution in [0.4, 0.5) is 13.2 Å². The highest BCUT2D eigenvalue weighted by atomic mass is 19.4. The van der Waals surface area contributed by atoms with Crippen molar-refractivity contribution in [2.24, 2.45) is 11.7 Å². The average Bonchev–Trinajstić information content (AvgIpc) is 2.27. The van der Waals surface area contributed by atoms with Crippen molar-refractivity contribution < 1.29 is 27.5 Å². The molecule has 0 unspecified atom stereocenters. The molecule has 3 N–H and O–H groups in total. The summed E-state index contributed by atoms with van der Waals surface area (Å²) in [6.07, 6.45) is -1.58. The normalized spacial score (nSPS) is 23.9. The first-order chi connectivity index (χ1) is 8.79. The SMILES string of the molecule is NC(=O)[C@H]1CCCC[C@H]1NC(=O)COCC(F)(F)F. The van der Waals surface area contributed by atoms with E-state index in [9.17, 15) is 22.8 Å².